The average molecular weight is 237 g/mol. The van der Waals surface area contributed by atoms with Crippen molar-refractivity contribution in [3.05, 3.63) is 24.0 Å². The molecular weight excluding hydrogens is 214 g/mol. The summed E-state index contributed by atoms with van der Waals surface area (Å²) in [6, 6.07) is 3.91. The highest BCUT2D eigenvalue weighted by Gasteiger charge is 2.07. The molecule has 0 fully saturated rings. The first-order valence-corrected chi connectivity index (χ1v) is 6.04. The quantitative estimate of drug-likeness (QED) is 0.814. The molecule has 0 spiro atoms. The number of nitrogens with zero attached hydrogens (tertiary/aromatic N) is 3. The maximum atomic E-state index is 9.65. The Morgan fingerprint density at radius 2 is 1.94 bits per heavy atom. The molecule has 0 radical (unpaired) electrons. The van der Waals surface area contributed by atoms with Gasteiger partial charge in [-0.3, -0.25) is 4.98 Å². The molecule has 0 saturated carbocycles. The monoisotopic (exact) mass is 237 g/mol. The molecule has 0 aromatic carbocycles. The van der Waals surface area contributed by atoms with E-state index in [0.717, 1.165) is 24.5 Å². The molecule has 0 aliphatic rings. The predicted molar refractivity (Wildman–Crippen MR) is 71.3 cm³/mol. The van der Waals surface area contributed by atoms with Gasteiger partial charge in [-0.05, 0) is 32.6 Å². The summed E-state index contributed by atoms with van der Waals surface area (Å²) in [5.74, 6) is 0. The first-order chi connectivity index (χ1) is 8.04. The Bertz CT molecular complexity index is 324. The van der Waals surface area contributed by atoms with Crippen LogP contribution in [-0.4, -0.2) is 49.2 Å². The lowest BCUT2D eigenvalue weighted by molar-refractivity contribution is 0.169. The number of hydrogen-bond donors (Lipinski definition) is 1. The van der Waals surface area contributed by atoms with E-state index in [4.69, 9.17) is 0 Å². The van der Waals surface area contributed by atoms with Crippen LogP contribution in [0.4, 0.5) is 5.69 Å². The van der Waals surface area contributed by atoms with Crippen LogP contribution in [0.1, 0.15) is 25.1 Å². The highest BCUT2D eigenvalue weighted by atomic mass is 16.3. The van der Waals surface area contributed by atoms with Crippen LogP contribution >= 0.6 is 0 Å². The third kappa shape index (κ3) is 4.32. The molecule has 0 amide bonds. The lowest BCUT2D eigenvalue weighted by Gasteiger charge is -2.21. The van der Waals surface area contributed by atoms with Gasteiger partial charge in [0, 0.05) is 20.1 Å². The van der Waals surface area contributed by atoms with Gasteiger partial charge in [-0.15, -0.1) is 0 Å². The predicted octanol–water partition coefficient (Wildman–Crippen LogP) is 1.52. The highest BCUT2D eigenvalue weighted by Crippen LogP contribution is 2.17. The van der Waals surface area contributed by atoms with Crippen molar-refractivity contribution >= 4 is 5.69 Å². The van der Waals surface area contributed by atoms with E-state index < -0.39 is 6.10 Å². The van der Waals surface area contributed by atoms with Crippen molar-refractivity contribution in [2.24, 2.45) is 0 Å². The lowest BCUT2D eigenvalue weighted by atomic mass is 10.2. The molecule has 4 nitrogen and oxygen atoms in total. The van der Waals surface area contributed by atoms with Gasteiger partial charge in [-0.1, -0.05) is 6.92 Å². The second-order valence-electron chi connectivity index (χ2n) is 4.59. The zero-order chi connectivity index (χ0) is 12.8. The molecule has 0 aliphatic heterocycles. The molecule has 1 heterocycles. The molecule has 0 unspecified atom stereocenters. The van der Waals surface area contributed by atoms with E-state index in [-0.39, 0.29) is 0 Å². The van der Waals surface area contributed by atoms with E-state index in [2.05, 4.69) is 35.9 Å². The van der Waals surface area contributed by atoms with Crippen LogP contribution in [0, 0.1) is 0 Å². The van der Waals surface area contributed by atoms with Crippen LogP contribution < -0.4 is 4.90 Å². The minimum atomic E-state index is -0.448. The summed E-state index contributed by atoms with van der Waals surface area (Å²) in [5, 5.41) is 9.65. The number of likely N-dealkylation sites (N-methyl/N-ethyl adjacent to an activating group) is 2. The Morgan fingerprint density at radius 3 is 2.41 bits per heavy atom. The fourth-order valence-electron chi connectivity index (χ4n) is 1.51. The second kappa shape index (κ2) is 6.57. The SMILES string of the molecule is CC[C@@H](O)c1ccc(N(C)CCN(C)C)cn1. The maximum Gasteiger partial charge on any atom is 0.0957 e. The molecule has 0 saturated heterocycles. The van der Waals surface area contributed by atoms with Gasteiger partial charge in [-0.25, -0.2) is 0 Å². The smallest absolute Gasteiger partial charge is 0.0957 e. The van der Waals surface area contributed by atoms with Gasteiger partial charge in [-0.2, -0.15) is 0 Å². The Morgan fingerprint density at radius 1 is 1.24 bits per heavy atom. The lowest BCUT2D eigenvalue weighted by Crippen LogP contribution is -2.28. The Labute approximate surface area is 104 Å². The van der Waals surface area contributed by atoms with Gasteiger partial charge in [0.1, 0.15) is 0 Å². The summed E-state index contributed by atoms with van der Waals surface area (Å²) in [6.07, 6.45) is 2.07. The Balaban J connectivity index is 2.60. The largest absolute Gasteiger partial charge is 0.387 e. The van der Waals surface area contributed by atoms with Crippen LogP contribution in [0.25, 0.3) is 0 Å². The zero-order valence-electron chi connectivity index (χ0n) is 11.2. The Hall–Kier alpha value is -1.13. The average Bonchev–Trinajstić information content (AvgIpc) is 2.35. The first kappa shape index (κ1) is 13.9. The van der Waals surface area contributed by atoms with Gasteiger partial charge >= 0.3 is 0 Å². The summed E-state index contributed by atoms with van der Waals surface area (Å²) in [6.45, 7) is 3.92. The molecule has 1 aromatic heterocycles. The molecule has 1 atom stereocenters. The third-order valence-electron chi connectivity index (χ3n) is 2.82. The standard InChI is InChI=1S/C13H23N3O/c1-5-13(17)12-7-6-11(10-14-12)16(4)9-8-15(2)3/h6-7,10,13,17H,5,8-9H2,1-4H3/t13-/m1/s1. The first-order valence-electron chi connectivity index (χ1n) is 6.04. The zero-order valence-corrected chi connectivity index (χ0v) is 11.2. The molecule has 1 rings (SSSR count). The third-order valence-corrected chi connectivity index (χ3v) is 2.82. The van der Waals surface area contributed by atoms with Crippen LogP contribution in [0.2, 0.25) is 0 Å². The number of aliphatic hydroxyl groups excluding tert-OH is 1. The molecule has 4 heteroatoms. The van der Waals surface area contributed by atoms with Crippen LogP contribution in [-0.2, 0) is 0 Å². The van der Waals surface area contributed by atoms with E-state index in [1.165, 1.54) is 0 Å². The van der Waals surface area contributed by atoms with Gasteiger partial charge in [0.15, 0.2) is 0 Å². The summed E-state index contributed by atoms with van der Waals surface area (Å²) in [5.41, 5.74) is 1.83. The summed E-state index contributed by atoms with van der Waals surface area (Å²) in [7, 11) is 6.18. The molecule has 96 valence electrons. The van der Waals surface area contributed by atoms with E-state index in [9.17, 15) is 5.11 Å². The summed E-state index contributed by atoms with van der Waals surface area (Å²) < 4.78 is 0. The number of anilines is 1. The minimum Gasteiger partial charge on any atom is -0.387 e. The molecule has 1 N–H and O–H groups in total. The van der Waals surface area contributed by atoms with Gasteiger partial charge < -0.3 is 14.9 Å². The van der Waals surface area contributed by atoms with Crippen molar-refractivity contribution in [2.45, 2.75) is 19.4 Å². The van der Waals surface area contributed by atoms with Crippen molar-refractivity contribution in [2.75, 3.05) is 39.1 Å². The topological polar surface area (TPSA) is 39.6 Å². The number of hydrogen-bond acceptors (Lipinski definition) is 4. The summed E-state index contributed by atoms with van der Waals surface area (Å²) >= 11 is 0. The van der Waals surface area contributed by atoms with E-state index in [1.807, 2.05) is 25.3 Å². The number of rotatable bonds is 6. The van der Waals surface area contributed by atoms with Crippen molar-refractivity contribution in [3.8, 4) is 0 Å². The summed E-state index contributed by atoms with van der Waals surface area (Å²) in [4.78, 5) is 8.61. The maximum absolute atomic E-state index is 9.65. The van der Waals surface area contributed by atoms with E-state index in [1.54, 1.807) is 0 Å². The minimum absolute atomic E-state index is 0.448. The fourth-order valence-corrected chi connectivity index (χ4v) is 1.51. The number of aromatic nitrogens is 1. The molecule has 0 bridgehead atoms. The van der Waals surface area contributed by atoms with Crippen LogP contribution in [0.3, 0.4) is 0 Å². The molecule has 0 aliphatic carbocycles. The van der Waals surface area contributed by atoms with E-state index >= 15 is 0 Å². The van der Waals surface area contributed by atoms with Gasteiger partial charge in [0.05, 0.1) is 23.7 Å². The van der Waals surface area contributed by atoms with Crippen LogP contribution in [0.5, 0.6) is 0 Å². The molecule has 17 heavy (non-hydrogen) atoms. The van der Waals surface area contributed by atoms with Crippen molar-refractivity contribution < 1.29 is 5.11 Å². The Kier molecular flexibility index (Phi) is 5.38. The molecule has 1 aromatic rings. The van der Waals surface area contributed by atoms with Gasteiger partial charge in [0.2, 0.25) is 0 Å². The van der Waals surface area contributed by atoms with E-state index in [0.29, 0.717) is 6.42 Å². The van der Waals surface area contributed by atoms with Crippen molar-refractivity contribution in [1.82, 2.24) is 9.88 Å². The fraction of sp³-hybridized carbons (Fsp3) is 0.615. The van der Waals surface area contributed by atoms with Crippen molar-refractivity contribution in [1.29, 1.82) is 0 Å². The molecular formula is C13H23N3O. The normalized spacial score (nSPS) is 12.8. The van der Waals surface area contributed by atoms with Crippen LogP contribution in [0.15, 0.2) is 18.3 Å². The number of aliphatic hydroxyl groups is 1. The van der Waals surface area contributed by atoms with Gasteiger partial charge in [0.25, 0.3) is 0 Å². The van der Waals surface area contributed by atoms with Crippen molar-refractivity contribution in [3.63, 3.8) is 0 Å². The second-order valence-corrected chi connectivity index (χ2v) is 4.59. The highest BCUT2D eigenvalue weighted by molar-refractivity contribution is 5.43. The number of pyridine rings is 1.